The van der Waals surface area contributed by atoms with Gasteiger partial charge in [0.1, 0.15) is 0 Å². The molecule has 0 fully saturated rings. The van der Waals surface area contributed by atoms with E-state index in [1.807, 2.05) is 0 Å². The molecular weight excluding hydrogens is 495 g/mol. The predicted molar refractivity (Wildman–Crippen MR) is 9.23 cm³/mol. The molecule has 0 heterocycles. The maximum Gasteiger partial charge on any atom is 0 e. The van der Waals surface area contributed by atoms with Gasteiger partial charge in [0.05, 0.1) is 0 Å². The van der Waals surface area contributed by atoms with Crippen LogP contribution in [0, 0.1) is 0 Å². The van der Waals surface area contributed by atoms with Crippen molar-refractivity contribution in [1.82, 2.24) is 0 Å². The summed E-state index contributed by atoms with van der Waals surface area (Å²) in [4.78, 5) is 0. The Morgan fingerprint density at radius 2 is 1.25 bits per heavy atom. The first-order chi connectivity index (χ1) is 1.00. The van der Waals surface area contributed by atoms with Crippen LogP contribution in [0.3, 0.4) is 0 Å². The van der Waals surface area contributed by atoms with E-state index in [1.165, 1.54) is 0 Å². The zero-order valence-corrected chi connectivity index (χ0v) is 13.2. The molecule has 1 nitrogen and oxygen atoms in total. The molecule has 0 aliphatic carbocycles. The maximum atomic E-state index is 8.36. The van der Waals surface area contributed by atoms with Gasteiger partial charge in [0.25, 0.3) is 0 Å². The number of hydrogen-bond acceptors (Lipinski definition) is 1. The van der Waals surface area contributed by atoms with E-state index in [0.29, 0.717) is 0 Å². The Kier molecular flexibility index (Phi) is 74.3. The molecule has 0 N–H and O–H groups in total. The van der Waals surface area contributed by atoms with Crippen LogP contribution in [0.25, 0.3) is 0 Å². The summed E-state index contributed by atoms with van der Waals surface area (Å²) >= 11 is 0.194. The van der Waals surface area contributed by atoms with Gasteiger partial charge in [-0.05, 0) is 0 Å². The zero-order chi connectivity index (χ0) is 2.00. The second kappa shape index (κ2) is 18.3. The van der Waals surface area contributed by atoms with Crippen LogP contribution in [0.15, 0.2) is 0 Å². The average Bonchev–Trinajstić information content (AvgIpc) is 1.00. The van der Waals surface area contributed by atoms with Crippen molar-refractivity contribution in [1.29, 1.82) is 0 Å². The molecule has 0 spiro atoms. The molecule has 0 bridgehead atoms. The van der Waals surface area contributed by atoms with Gasteiger partial charge in [0.15, 0.2) is 0 Å². The van der Waals surface area contributed by atoms with Crippen LogP contribution in [0.4, 0.5) is 0 Å². The van der Waals surface area contributed by atoms with E-state index in [4.69, 9.17) is 3.25 Å². The minimum Gasteiger partial charge on any atom is 0 e. The fraction of sp³-hybridized carbons (Fsp3) is 0. The van der Waals surface area contributed by atoms with Gasteiger partial charge in [-0.15, -0.1) is 0 Å². The molecule has 4 heavy (non-hydrogen) atoms. The van der Waals surface area contributed by atoms with Crippen LogP contribution >= 0.6 is 0 Å². The van der Waals surface area contributed by atoms with Crippen molar-refractivity contribution in [3.63, 3.8) is 0 Å². The van der Waals surface area contributed by atoms with Gasteiger partial charge in [-0.1, -0.05) is 0 Å². The molecule has 0 aliphatic rings. The summed E-state index contributed by atoms with van der Waals surface area (Å²) in [6.45, 7) is 0. The molecular formula is H2OPbTaZr. The summed E-state index contributed by atoms with van der Waals surface area (Å²) in [5.74, 6) is 0. The Hall–Kier alpha value is 2.35. The Morgan fingerprint density at radius 3 is 1.25 bits per heavy atom. The van der Waals surface area contributed by atoms with Gasteiger partial charge >= 0.3 is 51.6 Å². The van der Waals surface area contributed by atoms with Gasteiger partial charge in [-0.2, -0.15) is 0 Å². The Morgan fingerprint density at radius 1 is 1.25 bits per heavy atom. The van der Waals surface area contributed by atoms with Crippen molar-refractivity contribution in [2.45, 2.75) is 0 Å². The largest absolute Gasteiger partial charge is 0 e. The SMILES string of the molecule is [O]=[Ta].[PbH2].[Zr]. The molecule has 2 radical (unpaired) electrons. The van der Waals surface area contributed by atoms with E-state index in [0.717, 1.165) is 0 Å². The molecule has 0 amide bonds. The summed E-state index contributed by atoms with van der Waals surface area (Å²) in [6.07, 6.45) is 0. The molecule has 4 heteroatoms. The van der Waals surface area contributed by atoms with Gasteiger partial charge in [-0.3, -0.25) is 0 Å². The normalized spacial score (nSPS) is 0.750. The third-order valence-corrected chi connectivity index (χ3v) is 0. The summed E-state index contributed by atoms with van der Waals surface area (Å²) in [6, 6.07) is 0. The molecule has 0 aromatic heterocycles. The molecule has 0 saturated carbocycles. The summed E-state index contributed by atoms with van der Waals surface area (Å²) in [5.41, 5.74) is 0. The van der Waals surface area contributed by atoms with Crippen LogP contribution in [-0.2, 0) is 50.5 Å². The van der Waals surface area contributed by atoms with E-state index in [1.54, 1.807) is 0 Å². The van der Waals surface area contributed by atoms with Crippen molar-refractivity contribution < 1.29 is 50.5 Å². The molecule has 0 aromatic rings. The van der Waals surface area contributed by atoms with Crippen LogP contribution in [0.2, 0.25) is 0 Å². The summed E-state index contributed by atoms with van der Waals surface area (Å²) in [7, 11) is 0. The average molecular weight is 497 g/mol. The van der Waals surface area contributed by atoms with E-state index in [2.05, 4.69) is 0 Å². The first-order valence-corrected chi connectivity index (χ1v) is 1.49. The molecule has 0 aliphatic heterocycles. The van der Waals surface area contributed by atoms with Crippen LogP contribution < -0.4 is 0 Å². The summed E-state index contributed by atoms with van der Waals surface area (Å²) < 4.78 is 8.36. The molecule has 0 rings (SSSR count). The third-order valence-electron chi connectivity index (χ3n) is 0. The maximum absolute atomic E-state index is 8.36. The second-order valence-electron chi connectivity index (χ2n) is 0. The van der Waals surface area contributed by atoms with Crippen molar-refractivity contribution in [2.75, 3.05) is 0 Å². The number of hydrogen-bond donors (Lipinski definition) is 0. The summed E-state index contributed by atoms with van der Waals surface area (Å²) in [5, 5.41) is 0. The minimum atomic E-state index is 0. The van der Waals surface area contributed by atoms with Crippen molar-refractivity contribution >= 4 is 27.3 Å². The van der Waals surface area contributed by atoms with Gasteiger partial charge in [-0.25, -0.2) is 0 Å². The first kappa shape index (κ1) is 16.2. The molecule has 0 saturated heterocycles. The topological polar surface area (TPSA) is 17.1 Å². The fourth-order valence-electron chi connectivity index (χ4n) is 0. The van der Waals surface area contributed by atoms with Crippen LogP contribution in [0.1, 0.15) is 0 Å². The quantitative estimate of drug-likeness (QED) is 0.391. The number of rotatable bonds is 0. The van der Waals surface area contributed by atoms with E-state index in [-0.39, 0.29) is 74.5 Å². The van der Waals surface area contributed by atoms with Crippen LogP contribution in [-0.4, -0.2) is 27.3 Å². The minimum absolute atomic E-state index is 0. The standard InChI is InChI=1S/O.Pb.Ta.Zr.2H. The smallest absolute Gasteiger partial charge is 0 e. The molecule has 0 aromatic carbocycles. The van der Waals surface area contributed by atoms with E-state index in [9.17, 15) is 0 Å². The Balaban J connectivity index is -0.00000000500. The van der Waals surface area contributed by atoms with Gasteiger partial charge in [0, 0.05) is 26.2 Å². The first-order valence-electron chi connectivity index (χ1n) is 0.183. The third kappa shape index (κ3) is 8.84. The molecule has 21 valence electrons. The van der Waals surface area contributed by atoms with Crippen molar-refractivity contribution in [3.05, 3.63) is 0 Å². The second-order valence-corrected chi connectivity index (χ2v) is 0. The van der Waals surface area contributed by atoms with Crippen molar-refractivity contribution in [2.24, 2.45) is 0 Å². The monoisotopic (exact) mass is 497 g/mol. The zero-order valence-electron chi connectivity index (χ0n) is 2.06. The molecule has 0 unspecified atom stereocenters. The van der Waals surface area contributed by atoms with Gasteiger partial charge < -0.3 is 0 Å². The van der Waals surface area contributed by atoms with Crippen molar-refractivity contribution in [3.8, 4) is 0 Å². The van der Waals surface area contributed by atoms with E-state index < -0.39 is 0 Å². The Bertz CT molecular complexity index is 8.00. The van der Waals surface area contributed by atoms with Crippen LogP contribution in [0.5, 0.6) is 0 Å². The Labute approximate surface area is 76.4 Å². The fourth-order valence-corrected chi connectivity index (χ4v) is 0. The predicted octanol–water partition coefficient (Wildman–Crippen LogP) is -1.04. The molecule has 0 atom stereocenters. The van der Waals surface area contributed by atoms with Gasteiger partial charge in [0.2, 0.25) is 0 Å². The van der Waals surface area contributed by atoms with E-state index >= 15 is 0 Å².